The largest absolute Gasteiger partial charge is 0.120 e. The standard InChI is InChI=1S/C16H14/c1-3-7-13-11-12-14-9-5-6-10-16(14)15(13)8-4-2/h1,4-6,8-13H,2,7H2/b15-8+. The molecule has 0 nitrogen and oxygen atoms in total. The average molecular weight is 206 g/mol. The maximum atomic E-state index is 5.40. The Balaban J connectivity index is 2.50. The molecule has 1 unspecified atom stereocenters. The van der Waals surface area contributed by atoms with Crippen molar-refractivity contribution in [3.63, 3.8) is 0 Å². The van der Waals surface area contributed by atoms with Crippen LogP contribution in [-0.4, -0.2) is 0 Å². The maximum Gasteiger partial charge on any atom is 0.0190 e. The van der Waals surface area contributed by atoms with E-state index in [2.05, 4.69) is 55.0 Å². The topological polar surface area (TPSA) is 0 Å². The molecule has 0 heterocycles. The molecule has 0 spiro atoms. The fourth-order valence-electron chi connectivity index (χ4n) is 2.07. The number of benzene rings is 1. The Kier molecular flexibility index (Phi) is 3.08. The smallest absolute Gasteiger partial charge is 0.0190 e. The summed E-state index contributed by atoms with van der Waals surface area (Å²) in [6, 6.07) is 8.37. The van der Waals surface area contributed by atoms with Gasteiger partial charge in [-0.15, -0.1) is 12.3 Å². The number of rotatable bonds is 2. The van der Waals surface area contributed by atoms with Gasteiger partial charge in [-0.2, -0.15) is 0 Å². The van der Waals surface area contributed by atoms with Gasteiger partial charge in [0.05, 0.1) is 0 Å². The molecule has 0 amide bonds. The van der Waals surface area contributed by atoms with Gasteiger partial charge in [0.15, 0.2) is 0 Å². The van der Waals surface area contributed by atoms with Crippen LogP contribution in [0, 0.1) is 18.3 Å². The van der Waals surface area contributed by atoms with Crippen molar-refractivity contribution < 1.29 is 0 Å². The summed E-state index contributed by atoms with van der Waals surface area (Å²) < 4.78 is 0. The summed E-state index contributed by atoms with van der Waals surface area (Å²) in [4.78, 5) is 0. The van der Waals surface area contributed by atoms with Crippen molar-refractivity contribution in [1.29, 1.82) is 0 Å². The lowest BCUT2D eigenvalue weighted by Crippen LogP contribution is -2.05. The second-order valence-corrected chi connectivity index (χ2v) is 3.82. The zero-order valence-corrected chi connectivity index (χ0v) is 9.19. The summed E-state index contributed by atoms with van der Waals surface area (Å²) in [6.45, 7) is 3.77. The van der Waals surface area contributed by atoms with Crippen LogP contribution in [0.5, 0.6) is 0 Å². The summed E-state index contributed by atoms with van der Waals surface area (Å²) in [5.41, 5.74) is 3.79. The number of fused-ring (bicyclic) bond motifs is 1. The fraction of sp³-hybridized carbons (Fsp3) is 0.125. The third kappa shape index (κ3) is 1.85. The third-order valence-electron chi connectivity index (χ3n) is 2.81. The van der Waals surface area contributed by atoms with Crippen molar-refractivity contribution in [2.45, 2.75) is 6.42 Å². The summed E-state index contributed by atoms with van der Waals surface area (Å²) in [5, 5.41) is 0. The molecular weight excluding hydrogens is 192 g/mol. The molecule has 1 aliphatic rings. The number of hydrogen-bond acceptors (Lipinski definition) is 0. The van der Waals surface area contributed by atoms with Crippen molar-refractivity contribution in [2.24, 2.45) is 5.92 Å². The summed E-state index contributed by atoms with van der Waals surface area (Å²) in [5.74, 6) is 3.05. The zero-order valence-electron chi connectivity index (χ0n) is 9.19. The van der Waals surface area contributed by atoms with Gasteiger partial charge in [-0.1, -0.05) is 55.1 Å². The average Bonchev–Trinajstić information content (AvgIpc) is 2.32. The first-order chi connectivity index (χ1) is 7.86. The van der Waals surface area contributed by atoms with E-state index in [-0.39, 0.29) is 0 Å². The van der Waals surface area contributed by atoms with E-state index in [9.17, 15) is 0 Å². The van der Waals surface area contributed by atoms with Gasteiger partial charge in [-0.3, -0.25) is 0 Å². The first kappa shape index (κ1) is 10.5. The molecule has 1 aliphatic carbocycles. The maximum absolute atomic E-state index is 5.40. The van der Waals surface area contributed by atoms with Gasteiger partial charge in [0.2, 0.25) is 0 Å². The lowest BCUT2D eigenvalue weighted by Gasteiger charge is -2.21. The Morgan fingerprint density at radius 3 is 2.94 bits per heavy atom. The van der Waals surface area contributed by atoms with Gasteiger partial charge in [0.25, 0.3) is 0 Å². The summed E-state index contributed by atoms with van der Waals surface area (Å²) in [6.07, 6.45) is 14.4. The molecule has 0 bridgehead atoms. The Hall–Kier alpha value is -2.00. The van der Waals surface area contributed by atoms with Crippen LogP contribution in [0.25, 0.3) is 11.6 Å². The van der Waals surface area contributed by atoms with Crippen LogP contribution in [0.15, 0.2) is 49.1 Å². The van der Waals surface area contributed by atoms with Crippen molar-refractivity contribution in [3.8, 4) is 12.3 Å². The quantitative estimate of drug-likeness (QED) is 0.643. The molecular formula is C16H14. The highest BCUT2D eigenvalue weighted by Crippen LogP contribution is 2.34. The molecule has 1 atom stereocenters. The van der Waals surface area contributed by atoms with Gasteiger partial charge in [-0.05, 0) is 16.7 Å². The van der Waals surface area contributed by atoms with Crippen molar-refractivity contribution in [3.05, 3.63) is 60.2 Å². The molecule has 1 aromatic carbocycles. The first-order valence-corrected chi connectivity index (χ1v) is 5.40. The minimum Gasteiger partial charge on any atom is -0.120 e. The van der Waals surface area contributed by atoms with E-state index in [0.717, 1.165) is 6.42 Å². The summed E-state index contributed by atoms with van der Waals surface area (Å²) in [7, 11) is 0. The van der Waals surface area contributed by atoms with Crippen LogP contribution < -0.4 is 0 Å². The van der Waals surface area contributed by atoms with Gasteiger partial charge in [0, 0.05) is 12.3 Å². The molecule has 0 saturated heterocycles. The van der Waals surface area contributed by atoms with Gasteiger partial charge in [0.1, 0.15) is 0 Å². The molecule has 0 N–H and O–H groups in total. The normalized spacial score (nSPS) is 20.2. The predicted molar refractivity (Wildman–Crippen MR) is 70.6 cm³/mol. The third-order valence-corrected chi connectivity index (χ3v) is 2.81. The highest BCUT2D eigenvalue weighted by molar-refractivity contribution is 5.81. The summed E-state index contributed by atoms with van der Waals surface area (Å²) >= 11 is 0. The monoisotopic (exact) mass is 206 g/mol. The number of allylic oxidation sites excluding steroid dienone is 4. The van der Waals surface area contributed by atoms with Crippen molar-refractivity contribution in [2.75, 3.05) is 0 Å². The highest BCUT2D eigenvalue weighted by atomic mass is 14.2. The second-order valence-electron chi connectivity index (χ2n) is 3.82. The molecule has 16 heavy (non-hydrogen) atoms. The number of hydrogen-bond donors (Lipinski definition) is 0. The molecule has 0 fully saturated rings. The SMILES string of the molecule is C#CCC1C=Cc2ccccc2/C1=C/C=C. The van der Waals surface area contributed by atoms with Crippen LogP contribution in [0.3, 0.4) is 0 Å². The van der Waals surface area contributed by atoms with E-state index >= 15 is 0 Å². The van der Waals surface area contributed by atoms with E-state index in [1.807, 2.05) is 6.08 Å². The van der Waals surface area contributed by atoms with Crippen molar-refractivity contribution in [1.82, 2.24) is 0 Å². The van der Waals surface area contributed by atoms with E-state index in [4.69, 9.17) is 6.42 Å². The minimum absolute atomic E-state index is 0.317. The molecule has 0 radical (unpaired) electrons. The fourth-order valence-corrected chi connectivity index (χ4v) is 2.07. The molecule has 1 aromatic rings. The Morgan fingerprint density at radius 2 is 2.19 bits per heavy atom. The van der Waals surface area contributed by atoms with Gasteiger partial charge in [-0.25, -0.2) is 0 Å². The molecule has 0 heteroatoms. The highest BCUT2D eigenvalue weighted by Gasteiger charge is 2.17. The Labute approximate surface area is 97.0 Å². The van der Waals surface area contributed by atoms with Crippen LogP contribution in [0.1, 0.15) is 17.5 Å². The van der Waals surface area contributed by atoms with E-state index < -0.39 is 0 Å². The first-order valence-electron chi connectivity index (χ1n) is 5.40. The molecule has 2 rings (SSSR count). The van der Waals surface area contributed by atoms with Crippen LogP contribution in [0.4, 0.5) is 0 Å². The number of terminal acetylenes is 1. The Morgan fingerprint density at radius 1 is 1.38 bits per heavy atom. The minimum atomic E-state index is 0.317. The molecule has 78 valence electrons. The molecule has 0 aliphatic heterocycles. The van der Waals surface area contributed by atoms with Crippen LogP contribution in [-0.2, 0) is 0 Å². The predicted octanol–water partition coefficient (Wildman–Crippen LogP) is 3.92. The lowest BCUT2D eigenvalue weighted by atomic mass is 9.82. The second kappa shape index (κ2) is 4.68. The lowest BCUT2D eigenvalue weighted by molar-refractivity contribution is 0.872. The van der Waals surface area contributed by atoms with Crippen LogP contribution in [0.2, 0.25) is 0 Å². The molecule has 0 saturated carbocycles. The van der Waals surface area contributed by atoms with Gasteiger partial charge < -0.3 is 0 Å². The zero-order chi connectivity index (χ0) is 11.4. The van der Waals surface area contributed by atoms with Gasteiger partial charge >= 0.3 is 0 Å². The molecule has 0 aromatic heterocycles. The Bertz CT molecular complexity index is 495. The van der Waals surface area contributed by atoms with Crippen molar-refractivity contribution >= 4 is 11.6 Å². The van der Waals surface area contributed by atoms with Crippen LogP contribution >= 0.6 is 0 Å². The van der Waals surface area contributed by atoms with E-state index in [1.54, 1.807) is 0 Å². The van der Waals surface area contributed by atoms with E-state index in [1.165, 1.54) is 16.7 Å². The van der Waals surface area contributed by atoms with E-state index in [0.29, 0.717) is 5.92 Å².